The van der Waals surface area contributed by atoms with E-state index in [1.807, 2.05) is 21.9 Å². The molecule has 0 spiro atoms. The molecular formula is C28H32F3N3O3S. The molecule has 2 heterocycles. The highest BCUT2D eigenvalue weighted by molar-refractivity contribution is 7.09. The number of alkyl halides is 3. The van der Waals surface area contributed by atoms with E-state index in [9.17, 15) is 18.0 Å². The lowest BCUT2D eigenvalue weighted by Crippen LogP contribution is -2.38. The molecule has 1 amide bonds. The number of rotatable bonds is 9. The molecule has 1 fully saturated rings. The van der Waals surface area contributed by atoms with Crippen molar-refractivity contribution in [3.05, 3.63) is 75.2 Å². The molecule has 38 heavy (non-hydrogen) atoms. The monoisotopic (exact) mass is 547 g/mol. The number of nitrogens with zero attached hydrogens (tertiary/aromatic N) is 3. The van der Waals surface area contributed by atoms with Crippen LogP contribution in [0.4, 0.5) is 13.2 Å². The fourth-order valence-electron chi connectivity index (χ4n) is 4.54. The summed E-state index contributed by atoms with van der Waals surface area (Å²) in [7, 11) is 3.13. The highest BCUT2D eigenvalue weighted by Crippen LogP contribution is 2.31. The molecule has 1 aliphatic rings. The standard InChI is InChI=1S/C28H32F3N3O3S/c1-19-9-11-34(12-10-19)27(35)24-18-38-26(32-24)17-33(15-20-5-4-6-22(13-20)28(29,30)31)16-21-7-8-23(36-2)14-25(21)37-3/h4-8,13-14,18-19H,9-12,15-17H2,1-3H3. The van der Waals surface area contributed by atoms with Gasteiger partial charge in [0.05, 0.1) is 26.3 Å². The Morgan fingerprint density at radius 2 is 1.84 bits per heavy atom. The molecule has 0 unspecified atom stereocenters. The van der Waals surface area contributed by atoms with Crippen molar-refractivity contribution in [2.45, 2.75) is 45.6 Å². The third-order valence-corrected chi connectivity index (χ3v) is 7.58. The Kier molecular flexibility index (Phi) is 8.94. The highest BCUT2D eigenvalue weighted by atomic mass is 32.1. The number of ether oxygens (including phenoxy) is 2. The summed E-state index contributed by atoms with van der Waals surface area (Å²) in [5.74, 6) is 1.81. The number of thiazole rings is 1. The molecule has 1 saturated heterocycles. The molecule has 0 N–H and O–H groups in total. The molecule has 3 aromatic rings. The minimum Gasteiger partial charge on any atom is -0.497 e. The van der Waals surface area contributed by atoms with E-state index < -0.39 is 11.7 Å². The van der Waals surface area contributed by atoms with Crippen LogP contribution >= 0.6 is 11.3 Å². The average Bonchev–Trinajstić information content (AvgIpc) is 3.37. The van der Waals surface area contributed by atoms with Crippen LogP contribution in [0.2, 0.25) is 0 Å². The molecule has 10 heteroatoms. The molecule has 1 aromatic heterocycles. The largest absolute Gasteiger partial charge is 0.497 e. The predicted molar refractivity (Wildman–Crippen MR) is 140 cm³/mol. The maximum absolute atomic E-state index is 13.3. The van der Waals surface area contributed by atoms with Crippen LogP contribution in [0.3, 0.4) is 0 Å². The van der Waals surface area contributed by atoms with E-state index in [4.69, 9.17) is 9.47 Å². The maximum Gasteiger partial charge on any atom is 0.416 e. The Labute approximate surface area is 225 Å². The van der Waals surface area contributed by atoms with Crippen LogP contribution < -0.4 is 9.47 Å². The van der Waals surface area contributed by atoms with E-state index in [2.05, 4.69) is 11.9 Å². The van der Waals surface area contributed by atoms with Gasteiger partial charge in [0.15, 0.2) is 0 Å². The van der Waals surface area contributed by atoms with Gasteiger partial charge in [0.2, 0.25) is 0 Å². The van der Waals surface area contributed by atoms with Gasteiger partial charge < -0.3 is 14.4 Å². The minimum atomic E-state index is -4.42. The number of piperidine rings is 1. The van der Waals surface area contributed by atoms with Gasteiger partial charge in [-0.3, -0.25) is 9.69 Å². The third kappa shape index (κ3) is 7.05. The normalized spacial score (nSPS) is 14.7. The van der Waals surface area contributed by atoms with Gasteiger partial charge in [0.25, 0.3) is 5.91 Å². The smallest absolute Gasteiger partial charge is 0.416 e. The first-order valence-electron chi connectivity index (χ1n) is 12.5. The summed E-state index contributed by atoms with van der Waals surface area (Å²) >= 11 is 1.38. The van der Waals surface area contributed by atoms with Crippen LogP contribution in [0, 0.1) is 5.92 Å². The average molecular weight is 548 g/mol. The van der Waals surface area contributed by atoms with Crippen LogP contribution in [0.25, 0.3) is 0 Å². The van der Waals surface area contributed by atoms with E-state index in [0.717, 1.165) is 42.6 Å². The fraction of sp³-hybridized carbons (Fsp3) is 0.429. The van der Waals surface area contributed by atoms with Crippen LogP contribution in [-0.2, 0) is 25.8 Å². The molecule has 0 aliphatic carbocycles. The van der Waals surface area contributed by atoms with Crippen molar-refractivity contribution in [3.63, 3.8) is 0 Å². The zero-order valence-electron chi connectivity index (χ0n) is 21.8. The molecule has 4 rings (SSSR count). The summed E-state index contributed by atoms with van der Waals surface area (Å²) in [6.45, 7) is 4.67. The highest BCUT2D eigenvalue weighted by Gasteiger charge is 2.30. The molecule has 0 bridgehead atoms. The molecule has 204 valence electrons. The Morgan fingerprint density at radius 3 is 2.53 bits per heavy atom. The Morgan fingerprint density at radius 1 is 1.08 bits per heavy atom. The van der Waals surface area contributed by atoms with Crippen molar-refractivity contribution in [2.24, 2.45) is 5.92 Å². The van der Waals surface area contributed by atoms with Gasteiger partial charge >= 0.3 is 6.18 Å². The van der Waals surface area contributed by atoms with E-state index in [-0.39, 0.29) is 12.5 Å². The number of carbonyl (C=O) groups excluding carboxylic acids is 1. The number of hydrogen-bond acceptors (Lipinski definition) is 6. The number of aromatic nitrogens is 1. The van der Waals surface area contributed by atoms with Gasteiger partial charge in [-0.15, -0.1) is 11.3 Å². The topological polar surface area (TPSA) is 54.9 Å². The Bertz CT molecular complexity index is 1240. The van der Waals surface area contributed by atoms with Crippen LogP contribution in [0.15, 0.2) is 47.8 Å². The summed E-state index contributed by atoms with van der Waals surface area (Å²) in [5.41, 5.74) is 1.12. The van der Waals surface area contributed by atoms with Gasteiger partial charge in [-0.1, -0.05) is 31.2 Å². The first kappa shape index (κ1) is 27.9. The van der Waals surface area contributed by atoms with Crippen molar-refractivity contribution in [1.29, 1.82) is 0 Å². The third-order valence-electron chi connectivity index (χ3n) is 6.75. The zero-order chi connectivity index (χ0) is 27.3. The van der Waals surface area contributed by atoms with Crippen molar-refractivity contribution in [1.82, 2.24) is 14.8 Å². The second-order valence-electron chi connectivity index (χ2n) is 9.62. The van der Waals surface area contributed by atoms with E-state index in [0.29, 0.717) is 41.8 Å². The van der Waals surface area contributed by atoms with E-state index in [1.165, 1.54) is 23.5 Å². The van der Waals surface area contributed by atoms with Gasteiger partial charge in [-0.05, 0) is 36.5 Å². The first-order chi connectivity index (χ1) is 18.2. The second-order valence-corrected chi connectivity index (χ2v) is 10.6. The predicted octanol–water partition coefficient (Wildman–Crippen LogP) is 6.25. The molecule has 6 nitrogen and oxygen atoms in total. The SMILES string of the molecule is COc1ccc(CN(Cc2cccc(C(F)(F)F)c2)Cc2nc(C(=O)N3CCC(C)CC3)cs2)c(OC)c1. The number of halogens is 3. The van der Waals surface area contributed by atoms with Crippen LogP contribution in [0.1, 0.15) is 52.0 Å². The zero-order valence-corrected chi connectivity index (χ0v) is 22.6. The number of benzene rings is 2. The molecule has 2 aromatic carbocycles. The Hall–Kier alpha value is -3.11. The van der Waals surface area contributed by atoms with E-state index >= 15 is 0 Å². The van der Waals surface area contributed by atoms with Crippen molar-refractivity contribution < 1.29 is 27.4 Å². The quantitative estimate of drug-likeness (QED) is 0.317. The molecular weight excluding hydrogens is 515 g/mol. The number of carbonyl (C=O) groups is 1. The molecule has 0 radical (unpaired) electrons. The van der Waals surface area contributed by atoms with Gasteiger partial charge in [0.1, 0.15) is 22.2 Å². The van der Waals surface area contributed by atoms with Crippen molar-refractivity contribution >= 4 is 17.2 Å². The minimum absolute atomic E-state index is 0.0688. The summed E-state index contributed by atoms with van der Waals surface area (Å²) in [6, 6.07) is 10.8. The lowest BCUT2D eigenvalue weighted by molar-refractivity contribution is -0.137. The number of hydrogen-bond donors (Lipinski definition) is 0. The summed E-state index contributed by atoms with van der Waals surface area (Å²) in [6.07, 6.45) is -2.45. The van der Waals surface area contributed by atoms with E-state index in [1.54, 1.807) is 31.7 Å². The van der Waals surface area contributed by atoms with Gasteiger partial charge in [-0.2, -0.15) is 13.2 Å². The molecule has 1 aliphatic heterocycles. The summed E-state index contributed by atoms with van der Waals surface area (Å²) in [5, 5.41) is 2.49. The van der Waals surface area contributed by atoms with Crippen LogP contribution in [-0.4, -0.2) is 48.0 Å². The summed E-state index contributed by atoms with van der Waals surface area (Å²) < 4.78 is 50.8. The number of methoxy groups -OCH3 is 2. The van der Waals surface area contributed by atoms with Crippen molar-refractivity contribution in [2.75, 3.05) is 27.3 Å². The van der Waals surface area contributed by atoms with Gasteiger partial charge in [0, 0.05) is 43.2 Å². The second kappa shape index (κ2) is 12.2. The van der Waals surface area contributed by atoms with Crippen LogP contribution in [0.5, 0.6) is 11.5 Å². The number of likely N-dealkylation sites (tertiary alicyclic amines) is 1. The lowest BCUT2D eigenvalue weighted by atomic mass is 9.99. The maximum atomic E-state index is 13.3. The fourth-order valence-corrected chi connectivity index (χ4v) is 5.35. The lowest BCUT2D eigenvalue weighted by Gasteiger charge is -2.29. The van der Waals surface area contributed by atoms with Gasteiger partial charge in [-0.25, -0.2) is 4.98 Å². The Balaban J connectivity index is 1.56. The summed E-state index contributed by atoms with van der Waals surface area (Å²) in [4.78, 5) is 21.4. The number of amides is 1. The molecule has 0 atom stereocenters. The molecule has 0 saturated carbocycles. The van der Waals surface area contributed by atoms with Crippen molar-refractivity contribution in [3.8, 4) is 11.5 Å². The first-order valence-corrected chi connectivity index (χ1v) is 13.4.